The van der Waals surface area contributed by atoms with E-state index in [1.807, 2.05) is 113 Å². The van der Waals surface area contributed by atoms with Crippen LogP contribution in [0.25, 0.3) is 0 Å². The molecular weight excluding hydrogens is 1010 g/mol. The van der Waals surface area contributed by atoms with Gasteiger partial charge in [-0.05, 0) is 156 Å². The molecule has 0 aromatic heterocycles. The maximum Gasteiger partial charge on any atom is 0.332 e. The van der Waals surface area contributed by atoms with Gasteiger partial charge in [-0.25, -0.2) is 22.7 Å². The van der Waals surface area contributed by atoms with Crippen molar-refractivity contribution >= 4 is 51.0 Å². The first-order valence-corrected chi connectivity index (χ1v) is 29.5. The summed E-state index contributed by atoms with van der Waals surface area (Å²) in [6, 6.07) is 33.0. The first-order chi connectivity index (χ1) is 37.8. The standard InChI is InChI=1S/C21H30N2O2.C17H28N2O4S.C16H18N2O.C9H6N2/c1-15-14-16(20(24)22-17-8-4-2-5-9-17)12-13-19(15)21(25)23-18-10-6-3-7-11-18;1-4-5-6-7-8-9-12-23-16-13-15(11-10-14(16)2)18-17(20)19-24(3,21)22;1-11-5-8-14(9-6-11)17-16(19)18-15-10-12(2)4-7-13(15)3;1-7-2-3-8(5-10)4-9(7)6-11/h12-14,17-18H,2-11H2,1H3,(H,22,24)(H,23,25);10-11,13H,4-9,12H2,1-3H3,(H2,18,19,20);4-10H,1-3H3,(H2,17,18,19);2-4H,1H3. The fraction of sp³-hybridized carbons (Fsp3) is 0.429. The Morgan fingerprint density at radius 3 is 1.73 bits per heavy atom. The predicted octanol–water partition coefficient (Wildman–Crippen LogP) is 13.9. The first-order valence-electron chi connectivity index (χ1n) is 27.6. The minimum absolute atomic E-state index is 0.0105. The van der Waals surface area contributed by atoms with Gasteiger partial charge in [0.25, 0.3) is 11.8 Å². The number of unbranched alkanes of at least 4 members (excludes halogenated alkanes) is 5. The number of aryl methyl sites for hydroxylation is 6. The van der Waals surface area contributed by atoms with Crippen LogP contribution in [0.3, 0.4) is 0 Å². The number of carbonyl (C=O) groups excluding carboxylic acids is 4. The summed E-state index contributed by atoms with van der Waals surface area (Å²) in [5, 5.41) is 31.5. The number of nitrogens with one attached hydrogen (secondary N) is 6. The number of benzene rings is 5. The summed E-state index contributed by atoms with van der Waals surface area (Å²) in [7, 11) is -3.58. The van der Waals surface area contributed by atoms with Gasteiger partial charge in [-0.2, -0.15) is 10.5 Å². The zero-order valence-corrected chi connectivity index (χ0v) is 48.4. The van der Waals surface area contributed by atoms with Crippen molar-refractivity contribution < 1.29 is 32.3 Å². The summed E-state index contributed by atoms with van der Waals surface area (Å²) in [5.74, 6) is 0.665. The third-order valence-electron chi connectivity index (χ3n) is 13.5. The van der Waals surface area contributed by atoms with Gasteiger partial charge in [0.1, 0.15) is 5.75 Å². The Labute approximate surface area is 469 Å². The molecule has 0 aliphatic heterocycles. The number of urea groups is 2. The highest BCUT2D eigenvalue weighted by Gasteiger charge is 2.21. The summed E-state index contributed by atoms with van der Waals surface area (Å²) < 4.78 is 29.7. The van der Waals surface area contributed by atoms with Crippen LogP contribution in [0.5, 0.6) is 5.75 Å². The summed E-state index contributed by atoms with van der Waals surface area (Å²) in [6.45, 7) is 14.5. The predicted molar refractivity (Wildman–Crippen MR) is 317 cm³/mol. The van der Waals surface area contributed by atoms with Gasteiger partial charge >= 0.3 is 12.1 Å². The number of sulfonamides is 1. The molecule has 15 nitrogen and oxygen atoms in total. The highest BCUT2D eigenvalue weighted by atomic mass is 32.2. The molecule has 7 rings (SSSR count). The van der Waals surface area contributed by atoms with Crippen LogP contribution in [-0.2, 0) is 10.0 Å². The fourth-order valence-electron chi connectivity index (χ4n) is 8.91. The van der Waals surface area contributed by atoms with Gasteiger partial charge in [-0.3, -0.25) is 9.59 Å². The average molecular weight is 1100 g/mol. The second kappa shape index (κ2) is 33.6. The Kier molecular flexibility index (Phi) is 27.1. The highest BCUT2D eigenvalue weighted by Crippen LogP contribution is 2.24. The lowest BCUT2D eigenvalue weighted by atomic mass is 9.94. The number of hydrogen-bond donors (Lipinski definition) is 6. The topological polar surface area (TPSA) is 231 Å². The van der Waals surface area contributed by atoms with Crippen molar-refractivity contribution in [3.8, 4) is 17.9 Å². The third kappa shape index (κ3) is 24.3. The Hall–Kier alpha value is -7.69. The summed E-state index contributed by atoms with van der Waals surface area (Å²) in [5.41, 5.74) is 10.6. The van der Waals surface area contributed by atoms with E-state index >= 15 is 0 Å². The van der Waals surface area contributed by atoms with Gasteiger partial charge in [0.2, 0.25) is 10.0 Å². The maximum atomic E-state index is 12.5. The SMILES string of the molecule is CCCCCCCCOc1cc(NC(=O)NS(C)(=O)=O)ccc1C.Cc1cc(C(=O)NC2CCCCC2)ccc1C(=O)NC1CCCCC1.Cc1ccc(C#N)cc1C#N.Cc1ccc(NC(=O)Nc2cc(C)ccc2C)cc1. The molecule has 0 radical (unpaired) electrons. The molecular formula is C63H82N8O7S. The number of anilines is 3. The number of rotatable bonds is 16. The molecule has 2 aliphatic carbocycles. The van der Waals surface area contributed by atoms with E-state index in [4.69, 9.17) is 15.3 Å². The minimum Gasteiger partial charge on any atom is -0.493 e. The van der Waals surface area contributed by atoms with E-state index in [2.05, 4.69) is 33.5 Å². The van der Waals surface area contributed by atoms with Gasteiger partial charge in [0.15, 0.2) is 0 Å². The van der Waals surface area contributed by atoms with Crippen molar-refractivity contribution in [3.63, 3.8) is 0 Å². The van der Waals surface area contributed by atoms with Crippen molar-refractivity contribution in [1.82, 2.24) is 15.4 Å². The minimum atomic E-state index is -3.58. The molecule has 422 valence electrons. The van der Waals surface area contributed by atoms with Crippen molar-refractivity contribution in [3.05, 3.63) is 153 Å². The van der Waals surface area contributed by atoms with E-state index in [-0.39, 0.29) is 17.8 Å². The summed E-state index contributed by atoms with van der Waals surface area (Å²) >= 11 is 0. The molecule has 5 aromatic carbocycles. The van der Waals surface area contributed by atoms with Crippen LogP contribution in [0.15, 0.2) is 97.1 Å². The van der Waals surface area contributed by atoms with Crippen LogP contribution in [0.4, 0.5) is 26.7 Å². The van der Waals surface area contributed by atoms with Gasteiger partial charge in [-0.15, -0.1) is 0 Å². The molecule has 16 heteroatoms. The van der Waals surface area contributed by atoms with Crippen LogP contribution in [0.1, 0.15) is 175 Å². The number of hydrogen-bond acceptors (Lipinski definition) is 9. The molecule has 2 fully saturated rings. The van der Waals surface area contributed by atoms with Crippen molar-refractivity contribution in [2.24, 2.45) is 0 Å². The normalized spacial score (nSPS) is 13.1. The van der Waals surface area contributed by atoms with E-state index in [1.54, 1.807) is 42.5 Å². The Morgan fingerprint density at radius 1 is 0.557 bits per heavy atom. The van der Waals surface area contributed by atoms with Crippen LogP contribution in [0, 0.1) is 64.2 Å². The van der Waals surface area contributed by atoms with E-state index < -0.39 is 16.1 Å². The molecule has 2 aliphatic rings. The van der Waals surface area contributed by atoms with Crippen LogP contribution >= 0.6 is 0 Å². The zero-order chi connectivity index (χ0) is 57.7. The van der Waals surface area contributed by atoms with E-state index in [0.717, 1.165) is 84.0 Å². The summed E-state index contributed by atoms with van der Waals surface area (Å²) in [6.07, 6.45) is 19.7. The van der Waals surface area contributed by atoms with Crippen molar-refractivity contribution in [2.75, 3.05) is 28.8 Å². The third-order valence-corrected chi connectivity index (χ3v) is 14.1. The Morgan fingerprint density at radius 2 is 1.13 bits per heavy atom. The van der Waals surface area contributed by atoms with Gasteiger partial charge in [0, 0.05) is 46.3 Å². The molecule has 5 aromatic rings. The molecule has 0 spiro atoms. The molecule has 0 saturated heterocycles. The maximum absolute atomic E-state index is 12.5. The van der Waals surface area contributed by atoms with Crippen LogP contribution < -0.4 is 36.0 Å². The average Bonchev–Trinajstić information content (AvgIpc) is 3.42. The van der Waals surface area contributed by atoms with E-state index in [0.29, 0.717) is 52.4 Å². The fourth-order valence-corrected chi connectivity index (χ4v) is 9.30. The molecule has 0 atom stereocenters. The molecule has 6 N–H and O–H groups in total. The number of ether oxygens (including phenoxy) is 1. The molecule has 6 amide bonds. The molecule has 0 heterocycles. The Bertz CT molecular complexity index is 2990. The van der Waals surface area contributed by atoms with Gasteiger partial charge in [0.05, 0.1) is 36.1 Å². The quantitative estimate of drug-likeness (QED) is 0.0515. The van der Waals surface area contributed by atoms with Crippen molar-refractivity contribution in [2.45, 2.75) is 163 Å². The van der Waals surface area contributed by atoms with Crippen LogP contribution in [-0.4, -0.2) is 57.2 Å². The second-order valence-electron chi connectivity index (χ2n) is 20.6. The first kappa shape index (κ1) is 63.8. The van der Waals surface area contributed by atoms with Crippen molar-refractivity contribution in [1.29, 1.82) is 10.5 Å². The molecule has 0 unspecified atom stereocenters. The molecule has 2 saturated carbocycles. The monoisotopic (exact) mass is 1090 g/mol. The molecule has 79 heavy (non-hydrogen) atoms. The zero-order valence-electron chi connectivity index (χ0n) is 47.6. The second-order valence-corrected chi connectivity index (χ2v) is 22.3. The largest absolute Gasteiger partial charge is 0.493 e. The Balaban J connectivity index is 0.000000235. The van der Waals surface area contributed by atoms with Gasteiger partial charge < -0.3 is 31.3 Å². The number of carbonyl (C=O) groups is 4. The lowest BCUT2D eigenvalue weighted by Crippen LogP contribution is -2.37. The van der Waals surface area contributed by atoms with E-state index in [1.165, 1.54) is 69.8 Å². The number of nitrogens with zero attached hydrogens (tertiary/aromatic N) is 2. The lowest BCUT2D eigenvalue weighted by Gasteiger charge is -2.24. The lowest BCUT2D eigenvalue weighted by molar-refractivity contribution is 0.0915. The number of amides is 6. The highest BCUT2D eigenvalue weighted by molar-refractivity contribution is 7.89. The summed E-state index contributed by atoms with van der Waals surface area (Å²) in [4.78, 5) is 48.4. The number of nitriles is 2. The van der Waals surface area contributed by atoms with Gasteiger partial charge in [-0.1, -0.05) is 120 Å². The smallest absolute Gasteiger partial charge is 0.332 e. The molecule has 0 bridgehead atoms. The van der Waals surface area contributed by atoms with Crippen LogP contribution in [0.2, 0.25) is 0 Å². The van der Waals surface area contributed by atoms with E-state index in [9.17, 15) is 27.6 Å².